The summed E-state index contributed by atoms with van der Waals surface area (Å²) in [6.07, 6.45) is 4.77. The summed E-state index contributed by atoms with van der Waals surface area (Å²) in [5.74, 6) is 0. The number of halogens is 1. The predicted molar refractivity (Wildman–Crippen MR) is 80.7 cm³/mol. The van der Waals surface area contributed by atoms with Crippen molar-refractivity contribution in [3.63, 3.8) is 0 Å². The summed E-state index contributed by atoms with van der Waals surface area (Å²) >= 11 is 6.10. The second kappa shape index (κ2) is 5.71. The van der Waals surface area contributed by atoms with E-state index in [4.69, 9.17) is 11.6 Å². The smallest absolute Gasteiger partial charge is 0.150 e. The first-order valence-corrected chi connectivity index (χ1v) is 8.91. The predicted octanol–water partition coefficient (Wildman–Crippen LogP) is 3.42. The standard InChI is InChI=1S/C14H20ClNO2S/c1-10-13(15)7-4-8-14(10)16-11-5-3-6-12(9-11)19(2,17)18/h4,7-8,11-12,16H,3,5-6,9H2,1-2H3. The molecule has 0 aromatic heterocycles. The van der Waals surface area contributed by atoms with Gasteiger partial charge in [0.25, 0.3) is 0 Å². The molecule has 0 amide bonds. The SMILES string of the molecule is Cc1c(Cl)cccc1NC1CCCC(S(C)(=O)=O)C1. The van der Waals surface area contributed by atoms with E-state index in [0.29, 0.717) is 6.42 Å². The van der Waals surface area contributed by atoms with E-state index < -0.39 is 9.84 Å². The van der Waals surface area contributed by atoms with Crippen LogP contribution in [0.3, 0.4) is 0 Å². The van der Waals surface area contributed by atoms with Crippen molar-refractivity contribution in [1.82, 2.24) is 0 Å². The van der Waals surface area contributed by atoms with E-state index in [9.17, 15) is 8.42 Å². The van der Waals surface area contributed by atoms with Crippen LogP contribution in [-0.4, -0.2) is 26.0 Å². The Kier molecular flexibility index (Phi) is 4.41. The van der Waals surface area contributed by atoms with Gasteiger partial charge < -0.3 is 5.32 Å². The minimum Gasteiger partial charge on any atom is -0.382 e. The molecular formula is C14H20ClNO2S. The van der Waals surface area contributed by atoms with Crippen LogP contribution in [0.15, 0.2) is 18.2 Å². The van der Waals surface area contributed by atoms with Gasteiger partial charge in [0.15, 0.2) is 0 Å². The van der Waals surface area contributed by atoms with Crippen molar-refractivity contribution in [2.45, 2.75) is 43.9 Å². The number of sulfone groups is 1. The number of benzene rings is 1. The summed E-state index contributed by atoms with van der Waals surface area (Å²) in [5.41, 5.74) is 2.03. The normalized spacial score (nSPS) is 24.2. The third-order valence-corrected chi connectivity index (χ3v) is 5.91. The van der Waals surface area contributed by atoms with Crippen LogP contribution in [0.4, 0.5) is 5.69 Å². The lowest BCUT2D eigenvalue weighted by atomic mass is 9.94. The van der Waals surface area contributed by atoms with Crippen molar-refractivity contribution in [3.05, 3.63) is 28.8 Å². The molecule has 2 rings (SSSR count). The molecule has 1 fully saturated rings. The number of nitrogens with one attached hydrogen (secondary N) is 1. The Morgan fingerprint density at radius 2 is 2.05 bits per heavy atom. The molecule has 0 heterocycles. The topological polar surface area (TPSA) is 46.2 Å². The molecule has 2 unspecified atom stereocenters. The van der Waals surface area contributed by atoms with Crippen molar-refractivity contribution in [3.8, 4) is 0 Å². The van der Waals surface area contributed by atoms with Crippen LogP contribution in [0, 0.1) is 6.92 Å². The Morgan fingerprint density at radius 3 is 2.74 bits per heavy atom. The van der Waals surface area contributed by atoms with Gasteiger partial charge in [0, 0.05) is 23.0 Å². The molecule has 0 radical (unpaired) electrons. The minimum atomic E-state index is -2.94. The molecule has 3 nitrogen and oxygen atoms in total. The summed E-state index contributed by atoms with van der Waals surface area (Å²) in [7, 11) is -2.94. The summed E-state index contributed by atoms with van der Waals surface area (Å²) in [5, 5.41) is 3.97. The molecule has 0 bridgehead atoms. The maximum absolute atomic E-state index is 11.7. The maximum Gasteiger partial charge on any atom is 0.150 e. The zero-order valence-electron chi connectivity index (χ0n) is 11.3. The highest BCUT2D eigenvalue weighted by Crippen LogP contribution is 2.29. The Hall–Kier alpha value is -0.740. The van der Waals surface area contributed by atoms with E-state index in [1.165, 1.54) is 6.26 Å². The van der Waals surface area contributed by atoms with E-state index in [-0.39, 0.29) is 11.3 Å². The lowest BCUT2D eigenvalue weighted by molar-refractivity contribution is 0.453. The second-order valence-electron chi connectivity index (χ2n) is 5.37. The van der Waals surface area contributed by atoms with Crippen LogP contribution >= 0.6 is 11.6 Å². The average molecular weight is 302 g/mol. The van der Waals surface area contributed by atoms with E-state index in [0.717, 1.165) is 35.5 Å². The van der Waals surface area contributed by atoms with Gasteiger partial charge in [-0.1, -0.05) is 24.1 Å². The van der Waals surface area contributed by atoms with E-state index in [1.54, 1.807) is 0 Å². The van der Waals surface area contributed by atoms with Gasteiger partial charge in [0.1, 0.15) is 9.84 Å². The Morgan fingerprint density at radius 1 is 1.32 bits per heavy atom. The summed E-state index contributed by atoms with van der Waals surface area (Å²) in [6.45, 7) is 1.97. The zero-order valence-corrected chi connectivity index (χ0v) is 12.9. The molecule has 1 N–H and O–H groups in total. The molecule has 1 aliphatic carbocycles. The van der Waals surface area contributed by atoms with Crippen molar-refractivity contribution in [1.29, 1.82) is 0 Å². The number of anilines is 1. The van der Waals surface area contributed by atoms with Crippen LogP contribution in [0.5, 0.6) is 0 Å². The summed E-state index contributed by atoms with van der Waals surface area (Å²) < 4.78 is 23.3. The highest BCUT2D eigenvalue weighted by atomic mass is 35.5. The first-order chi connectivity index (χ1) is 8.88. The summed E-state index contributed by atoms with van der Waals surface area (Å²) in [6, 6.07) is 5.98. The van der Waals surface area contributed by atoms with Gasteiger partial charge in [-0.05, 0) is 43.9 Å². The van der Waals surface area contributed by atoms with Crippen molar-refractivity contribution < 1.29 is 8.42 Å². The fourth-order valence-corrected chi connectivity index (χ4v) is 4.00. The second-order valence-corrected chi connectivity index (χ2v) is 8.10. The molecule has 1 saturated carbocycles. The van der Waals surface area contributed by atoms with Gasteiger partial charge in [0.2, 0.25) is 0 Å². The summed E-state index contributed by atoms with van der Waals surface area (Å²) in [4.78, 5) is 0. The molecule has 1 aromatic rings. The molecule has 0 aliphatic heterocycles. The molecule has 19 heavy (non-hydrogen) atoms. The maximum atomic E-state index is 11.7. The highest BCUT2D eigenvalue weighted by Gasteiger charge is 2.28. The number of hydrogen-bond donors (Lipinski definition) is 1. The molecule has 0 saturated heterocycles. The monoisotopic (exact) mass is 301 g/mol. The van der Waals surface area contributed by atoms with Crippen LogP contribution in [0.1, 0.15) is 31.2 Å². The highest BCUT2D eigenvalue weighted by molar-refractivity contribution is 7.91. The molecule has 0 spiro atoms. The Balaban J connectivity index is 2.09. The van der Waals surface area contributed by atoms with Gasteiger partial charge >= 0.3 is 0 Å². The third-order valence-electron chi connectivity index (χ3n) is 3.86. The Labute approximate surface area is 120 Å². The fourth-order valence-electron chi connectivity index (χ4n) is 2.65. The average Bonchev–Trinajstić information content (AvgIpc) is 2.34. The van der Waals surface area contributed by atoms with E-state index in [1.807, 2.05) is 25.1 Å². The Bertz CT molecular complexity index is 557. The molecule has 5 heteroatoms. The van der Waals surface area contributed by atoms with Gasteiger partial charge in [0.05, 0.1) is 5.25 Å². The van der Waals surface area contributed by atoms with Gasteiger partial charge in [-0.3, -0.25) is 0 Å². The van der Waals surface area contributed by atoms with E-state index >= 15 is 0 Å². The van der Waals surface area contributed by atoms with Crippen LogP contribution < -0.4 is 5.32 Å². The molecule has 2 atom stereocenters. The quantitative estimate of drug-likeness (QED) is 0.930. The number of hydrogen-bond acceptors (Lipinski definition) is 3. The lowest BCUT2D eigenvalue weighted by Crippen LogP contribution is -2.34. The van der Waals surface area contributed by atoms with Crippen LogP contribution in [0.2, 0.25) is 5.02 Å². The van der Waals surface area contributed by atoms with Gasteiger partial charge in [-0.15, -0.1) is 0 Å². The largest absolute Gasteiger partial charge is 0.382 e. The number of rotatable bonds is 3. The minimum absolute atomic E-state index is 0.210. The first-order valence-electron chi connectivity index (χ1n) is 6.58. The van der Waals surface area contributed by atoms with Crippen LogP contribution in [-0.2, 0) is 9.84 Å². The fraction of sp³-hybridized carbons (Fsp3) is 0.571. The van der Waals surface area contributed by atoms with Crippen LogP contribution in [0.25, 0.3) is 0 Å². The first kappa shape index (κ1) is 14.7. The van der Waals surface area contributed by atoms with Crippen molar-refractivity contribution >= 4 is 27.1 Å². The van der Waals surface area contributed by atoms with Crippen molar-refractivity contribution in [2.24, 2.45) is 0 Å². The molecular weight excluding hydrogens is 282 g/mol. The lowest BCUT2D eigenvalue weighted by Gasteiger charge is -2.30. The molecule has 1 aromatic carbocycles. The van der Waals surface area contributed by atoms with Crippen molar-refractivity contribution in [2.75, 3.05) is 11.6 Å². The third kappa shape index (κ3) is 3.63. The zero-order chi connectivity index (χ0) is 14.0. The molecule has 1 aliphatic rings. The molecule has 106 valence electrons. The van der Waals surface area contributed by atoms with Gasteiger partial charge in [-0.2, -0.15) is 0 Å². The van der Waals surface area contributed by atoms with E-state index in [2.05, 4.69) is 5.32 Å². The van der Waals surface area contributed by atoms with Gasteiger partial charge in [-0.25, -0.2) is 8.42 Å².